The molecule has 27 heavy (non-hydrogen) atoms. The second kappa shape index (κ2) is 10.0. The fraction of sp³-hybridized carbons (Fsp3) is 0.458. The van der Waals surface area contributed by atoms with E-state index in [1.807, 2.05) is 63.2 Å². The second-order valence-electron chi connectivity index (χ2n) is 7.65. The van der Waals surface area contributed by atoms with E-state index >= 15 is 0 Å². The van der Waals surface area contributed by atoms with Crippen LogP contribution in [0.1, 0.15) is 72.5 Å². The highest BCUT2D eigenvalue weighted by Crippen LogP contribution is 2.49. The third kappa shape index (κ3) is 5.42. The maximum absolute atomic E-state index is 14.0. The van der Waals surface area contributed by atoms with Crippen molar-refractivity contribution in [1.29, 1.82) is 0 Å². The zero-order valence-corrected chi connectivity index (χ0v) is 18.1. The minimum absolute atomic E-state index is 0.169. The molecule has 0 aliphatic carbocycles. The molecule has 0 saturated heterocycles. The van der Waals surface area contributed by atoms with Crippen molar-refractivity contribution < 1.29 is 9.36 Å². The van der Waals surface area contributed by atoms with E-state index < -0.39 is 7.14 Å². The standard InChI is InChI=1S/C24H33O2P/c1-5-6-7-8-9-13-16-27(26,22-14-11-10-12-15-22)24(25)23-20(3)17-19(2)18-21(23)4/h10-12,14-15,17-18H,5-9,13,16H2,1-4H3. The Balaban J connectivity index is 2.30. The highest BCUT2D eigenvalue weighted by Gasteiger charge is 2.35. The van der Waals surface area contributed by atoms with Crippen molar-refractivity contribution in [2.45, 2.75) is 66.2 Å². The number of rotatable bonds is 10. The minimum atomic E-state index is -3.15. The van der Waals surface area contributed by atoms with Gasteiger partial charge < -0.3 is 4.57 Å². The Labute approximate surface area is 164 Å². The van der Waals surface area contributed by atoms with Crippen molar-refractivity contribution in [3.05, 3.63) is 64.7 Å². The average Bonchev–Trinajstić information content (AvgIpc) is 2.64. The third-order valence-electron chi connectivity index (χ3n) is 5.22. The van der Waals surface area contributed by atoms with Gasteiger partial charge in [0.2, 0.25) is 5.52 Å². The predicted molar refractivity (Wildman–Crippen MR) is 117 cm³/mol. The van der Waals surface area contributed by atoms with Crippen LogP contribution >= 0.6 is 7.14 Å². The number of hydrogen-bond acceptors (Lipinski definition) is 2. The van der Waals surface area contributed by atoms with Gasteiger partial charge in [-0.3, -0.25) is 4.79 Å². The van der Waals surface area contributed by atoms with Crippen molar-refractivity contribution in [2.75, 3.05) is 6.16 Å². The van der Waals surface area contributed by atoms with E-state index in [0.717, 1.165) is 36.0 Å². The maximum atomic E-state index is 14.0. The molecule has 0 fully saturated rings. The minimum Gasteiger partial charge on any atom is -0.310 e. The fourth-order valence-corrected chi connectivity index (χ4v) is 6.56. The van der Waals surface area contributed by atoms with E-state index in [-0.39, 0.29) is 5.52 Å². The maximum Gasteiger partial charge on any atom is 0.226 e. The van der Waals surface area contributed by atoms with Gasteiger partial charge in [-0.2, -0.15) is 0 Å². The van der Waals surface area contributed by atoms with Crippen molar-refractivity contribution in [3.63, 3.8) is 0 Å². The van der Waals surface area contributed by atoms with Gasteiger partial charge in [0.25, 0.3) is 0 Å². The van der Waals surface area contributed by atoms with Crippen LogP contribution in [0.5, 0.6) is 0 Å². The van der Waals surface area contributed by atoms with Gasteiger partial charge in [0.05, 0.1) is 0 Å². The first kappa shape index (κ1) is 21.6. The highest BCUT2D eigenvalue weighted by molar-refractivity contribution is 7.87. The first-order chi connectivity index (χ1) is 12.9. The summed E-state index contributed by atoms with van der Waals surface area (Å²) in [5, 5.41) is 0.697. The third-order valence-corrected chi connectivity index (χ3v) is 8.18. The second-order valence-corrected chi connectivity index (χ2v) is 10.5. The summed E-state index contributed by atoms with van der Waals surface area (Å²) in [6.45, 7) is 8.14. The molecular weight excluding hydrogens is 351 g/mol. The van der Waals surface area contributed by atoms with Crippen LogP contribution in [0.4, 0.5) is 0 Å². The monoisotopic (exact) mass is 384 g/mol. The van der Waals surface area contributed by atoms with E-state index in [9.17, 15) is 9.36 Å². The summed E-state index contributed by atoms with van der Waals surface area (Å²) in [6, 6.07) is 13.4. The molecule has 0 radical (unpaired) electrons. The van der Waals surface area contributed by atoms with Crippen LogP contribution in [-0.4, -0.2) is 11.7 Å². The van der Waals surface area contributed by atoms with Crippen LogP contribution < -0.4 is 5.30 Å². The van der Waals surface area contributed by atoms with E-state index in [4.69, 9.17) is 0 Å². The topological polar surface area (TPSA) is 34.1 Å². The lowest BCUT2D eigenvalue weighted by atomic mass is 10.0. The Morgan fingerprint density at radius 3 is 2.00 bits per heavy atom. The van der Waals surface area contributed by atoms with E-state index in [1.165, 1.54) is 19.3 Å². The first-order valence-corrected chi connectivity index (χ1v) is 12.1. The Morgan fingerprint density at radius 1 is 0.852 bits per heavy atom. The summed E-state index contributed by atoms with van der Waals surface area (Å²) in [5.41, 5.74) is 3.47. The molecule has 1 atom stereocenters. The Kier molecular flexibility index (Phi) is 8.05. The van der Waals surface area contributed by atoms with Crippen LogP contribution in [0.25, 0.3) is 0 Å². The lowest BCUT2D eigenvalue weighted by Crippen LogP contribution is -2.18. The zero-order chi connectivity index (χ0) is 19.9. The molecule has 0 amide bonds. The molecule has 0 N–H and O–H groups in total. The number of aryl methyl sites for hydroxylation is 3. The summed E-state index contributed by atoms with van der Waals surface area (Å²) in [5.74, 6) is 0. The van der Waals surface area contributed by atoms with Crippen molar-refractivity contribution in [1.82, 2.24) is 0 Å². The first-order valence-electron chi connectivity index (χ1n) is 10.2. The van der Waals surface area contributed by atoms with Crippen molar-refractivity contribution in [2.24, 2.45) is 0 Å². The van der Waals surface area contributed by atoms with Crippen LogP contribution in [-0.2, 0) is 4.57 Å². The van der Waals surface area contributed by atoms with Crippen LogP contribution in [0.15, 0.2) is 42.5 Å². The Hall–Kier alpha value is -1.66. The molecular formula is C24H33O2P. The molecule has 146 valence electrons. The van der Waals surface area contributed by atoms with Crippen molar-refractivity contribution >= 4 is 18.0 Å². The molecule has 0 saturated carbocycles. The summed E-state index contributed by atoms with van der Waals surface area (Å²) in [4.78, 5) is 13.5. The molecule has 0 bridgehead atoms. The van der Waals surface area contributed by atoms with Gasteiger partial charge in [0.1, 0.15) is 0 Å². The lowest BCUT2D eigenvalue weighted by Gasteiger charge is -2.20. The number of carbonyl (C=O) groups is 1. The molecule has 2 aromatic carbocycles. The number of unbranched alkanes of at least 4 members (excludes halogenated alkanes) is 5. The van der Waals surface area contributed by atoms with Gasteiger partial charge >= 0.3 is 0 Å². The summed E-state index contributed by atoms with van der Waals surface area (Å²) in [7, 11) is -3.15. The molecule has 1 unspecified atom stereocenters. The number of hydrogen-bond donors (Lipinski definition) is 0. The number of carbonyl (C=O) groups excluding carboxylic acids is 1. The zero-order valence-electron chi connectivity index (χ0n) is 17.3. The Morgan fingerprint density at radius 2 is 1.41 bits per heavy atom. The SMILES string of the molecule is CCCCCCCCP(=O)(C(=O)c1c(C)cc(C)cc1C)c1ccccc1. The van der Waals surface area contributed by atoms with Gasteiger partial charge in [0.15, 0.2) is 7.14 Å². The fourth-order valence-electron chi connectivity index (χ4n) is 3.83. The predicted octanol–water partition coefficient (Wildman–Crippen LogP) is 6.80. The van der Waals surface area contributed by atoms with Crippen LogP contribution in [0.2, 0.25) is 0 Å². The average molecular weight is 385 g/mol. The molecule has 2 rings (SSSR count). The summed E-state index contributed by atoms with van der Waals surface area (Å²) >= 11 is 0. The van der Waals surface area contributed by atoms with E-state index in [1.54, 1.807) is 0 Å². The van der Waals surface area contributed by atoms with Gasteiger partial charge in [0, 0.05) is 17.0 Å². The largest absolute Gasteiger partial charge is 0.310 e. The van der Waals surface area contributed by atoms with Gasteiger partial charge in [-0.05, 0) is 38.3 Å². The van der Waals surface area contributed by atoms with Gasteiger partial charge in [-0.15, -0.1) is 0 Å². The van der Waals surface area contributed by atoms with E-state index in [2.05, 4.69) is 6.92 Å². The molecule has 3 heteroatoms. The summed E-state index contributed by atoms with van der Waals surface area (Å²) < 4.78 is 14.0. The Bertz CT molecular complexity index is 785. The highest BCUT2D eigenvalue weighted by atomic mass is 31.2. The summed E-state index contributed by atoms with van der Waals surface area (Å²) in [6.07, 6.45) is 7.18. The van der Waals surface area contributed by atoms with E-state index in [0.29, 0.717) is 17.0 Å². The molecule has 0 aliphatic rings. The van der Waals surface area contributed by atoms with Crippen LogP contribution in [0, 0.1) is 20.8 Å². The van der Waals surface area contributed by atoms with Crippen LogP contribution in [0.3, 0.4) is 0 Å². The number of benzene rings is 2. The smallest absolute Gasteiger partial charge is 0.226 e. The normalized spacial score (nSPS) is 13.3. The lowest BCUT2D eigenvalue weighted by molar-refractivity contribution is 0.107. The molecule has 0 spiro atoms. The molecule has 2 nitrogen and oxygen atoms in total. The van der Waals surface area contributed by atoms with Gasteiger partial charge in [-0.25, -0.2) is 0 Å². The molecule has 0 aromatic heterocycles. The molecule has 0 heterocycles. The molecule has 2 aromatic rings. The quantitative estimate of drug-likeness (QED) is 0.333. The van der Waals surface area contributed by atoms with Gasteiger partial charge in [-0.1, -0.05) is 87.1 Å². The molecule has 0 aliphatic heterocycles. The van der Waals surface area contributed by atoms with Crippen molar-refractivity contribution in [3.8, 4) is 0 Å².